The van der Waals surface area contributed by atoms with E-state index in [9.17, 15) is 4.79 Å². The molecule has 0 saturated carbocycles. The van der Waals surface area contributed by atoms with Crippen LogP contribution in [-0.4, -0.2) is 11.9 Å². The number of hydrogen-bond donors (Lipinski definition) is 2. The zero-order valence-corrected chi connectivity index (χ0v) is 12.8. The molecule has 1 aliphatic heterocycles. The Morgan fingerprint density at radius 3 is 2.33 bits per heavy atom. The normalized spacial score (nSPS) is 21.0. The van der Waals surface area contributed by atoms with E-state index in [4.69, 9.17) is 5.73 Å². The van der Waals surface area contributed by atoms with Crippen molar-refractivity contribution in [1.82, 2.24) is 5.32 Å². The molecule has 106 valence electrons. The summed E-state index contributed by atoms with van der Waals surface area (Å²) >= 11 is 3.40. The van der Waals surface area contributed by atoms with E-state index < -0.39 is 5.54 Å². The number of rotatable bonds is 3. The number of nitrogens with two attached hydrogens (primary N) is 1. The first-order chi connectivity index (χ1) is 10.1. The molecule has 2 aromatic carbocycles. The Morgan fingerprint density at radius 1 is 1.10 bits per heavy atom. The van der Waals surface area contributed by atoms with Gasteiger partial charge in [0.2, 0.25) is 0 Å². The number of hydrogen-bond acceptors (Lipinski definition) is 3. The standard InChI is InChI=1S/C16H14BrN3O/c17-13-8-6-12(7-9-13)16(14(21)19-15(18)20-16)10-11-4-2-1-3-5-11/h1-9H,10H2,(H3,18,19,20,21)/t16-/m0/s1. The summed E-state index contributed by atoms with van der Waals surface area (Å²) in [4.78, 5) is 16.9. The zero-order chi connectivity index (χ0) is 14.9. The van der Waals surface area contributed by atoms with Crippen LogP contribution in [0.15, 0.2) is 64.1 Å². The van der Waals surface area contributed by atoms with Crippen LogP contribution < -0.4 is 11.1 Å². The summed E-state index contributed by atoms with van der Waals surface area (Å²) in [6, 6.07) is 17.4. The van der Waals surface area contributed by atoms with Gasteiger partial charge in [0.1, 0.15) is 0 Å². The first-order valence-electron chi connectivity index (χ1n) is 6.57. The fraction of sp³-hybridized carbons (Fsp3) is 0.125. The van der Waals surface area contributed by atoms with Crippen molar-refractivity contribution in [2.24, 2.45) is 10.7 Å². The van der Waals surface area contributed by atoms with E-state index in [0.29, 0.717) is 6.42 Å². The van der Waals surface area contributed by atoms with Crippen LogP contribution in [0.3, 0.4) is 0 Å². The fourth-order valence-corrected chi connectivity index (χ4v) is 2.80. The smallest absolute Gasteiger partial charge is 0.259 e. The lowest BCUT2D eigenvalue weighted by atomic mass is 9.84. The highest BCUT2D eigenvalue weighted by atomic mass is 79.9. The summed E-state index contributed by atoms with van der Waals surface area (Å²) in [6.45, 7) is 0. The van der Waals surface area contributed by atoms with Gasteiger partial charge in [0.25, 0.3) is 5.91 Å². The van der Waals surface area contributed by atoms with E-state index >= 15 is 0 Å². The van der Waals surface area contributed by atoms with Crippen molar-refractivity contribution in [3.63, 3.8) is 0 Å². The maximum atomic E-state index is 12.5. The maximum Gasteiger partial charge on any atom is 0.259 e. The first kappa shape index (κ1) is 13.8. The third kappa shape index (κ3) is 2.56. The molecule has 4 nitrogen and oxygen atoms in total. The van der Waals surface area contributed by atoms with Gasteiger partial charge >= 0.3 is 0 Å². The van der Waals surface area contributed by atoms with E-state index in [2.05, 4.69) is 26.2 Å². The third-order valence-electron chi connectivity index (χ3n) is 3.55. The van der Waals surface area contributed by atoms with Gasteiger partial charge in [0, 0.05) is 10.9 Å². The Labute approximate surface area is 131 Å². The van der Waals surface area contributed by atoms with Crippen LogP contribution in [0.2, 0.25) is 0 Å². The van der Waals surface area contributed by atoms with E-state index in [-0.39, 0.29) is 11.9 Å². The minimum atomic E-state index is -0.994. The molecular formula is C16H14BrN3O. The molecule has 0 fully saturated rings. The van der Waals surface area contributed by atoms with Gasteiger partial charge in [0.15, 0.2) is 11.5 Å². The fourth-order valence-electron chi connectivity index (χ4n) is 2.54. The molecular weight excluding hydrogens is 330 g/mol. The Kier molecular flexibility index (Phi) is 3.51. The Balaban J connectivity index is 2.08. The third-order valence-corrected chi connectivity index (χ3v) is 4.08. The summed E-state index contributed by atoms with van der Waals surface area (Å²) in [5.41, 5.74) is 6.60. The Hall–Kier alpha value is -2.14. The average Bonchev–Trinajstić information content (AvgIpc) is 2.76. The van der Waals surface area contributed by atoms with Gasteiger partial charge in [-0.05, 0) is 23.3 Å². The minimum absolute atomic E-state index is 0.166. The molecule has 1 atom stereocenters. The molecule has 5 heteroatoms. The summed E-state index contributed by atoms with van der Waals surface area (Å²) in [6.07, 6.45) is 0.474. The number of carbonyl (C=O) groups excluding carboxylic acids is 1. The molecule has 3 rings (SSSR count). The maximum absolute atomic E-state index is 12.5. The van der Waals surface area contributed by atoms with Crippen molar-refractivity contribution < 1.29 is 4.79 Å². The first-order valence-corrected chi connectivity index (χ1v) is 7.36. The molecule has 0 spiro atoms. The van der Waals surface area contributed by atoms with Gasteiger partial charge in [0.05, 0.1) is 0 Å². The topological polar surface area (TPSA) is 67.5 Å². The lowest BCUT2D eigenvalue weighted by Crippen LogP contribution is -2.40. The van der Waals surface area contributed by atoms with E-state index in [1.165, 1.54) is 0 Å². The molecule has 0 aromatic heterocycles. The molecule has 2 aromatic rings. The van der Waals surface area contributed by atoms with E-state index in [1.807, 2.05) is 54.6 Å². The number of amides is 1. The van der Waals surface area contributed by atoms with Crippen LogP contribution in [-0.2, 0) is 16.8 Å². The molecule has 0 saturated heterocycles. The van der Waals surface area contributed by atoms with Crippen LogP contribution in [0.25, 0.3) is 0 Å². The molecule has 1 amide bonds. The quantitative estimate of drug-likeness (QED) is 0.897. The molecule has 0 radical (unpaired) electrons. The highest BCUT2D eigenvalue weighted by molar-refractivity contribution is 9.10. The summed E-state index contributed by atoms with van der Waals surface area (Å²) in [7, 11) is 0. The monoisotopic (exact) mass is 343 g/mol. The number of guanidine groups is 1. The summed E-state index contributed by atoms with van der Waals surface area (Å²) < 4.78 is 0.955. The predicted molar refractivity (Wildman–Crippen MR) is 85.7 cm³/mol. The van der Waals surface area contributed by atoms with E-state index in [0.717, 1.165) is 15.6 Å². The largest absolute Gasteiger partial charge is 0.370 e. The van der Waals surface area contributed by atoms with Gasteiger partial charge in [-0.25, -0.2) is 4.99 Å². The van der Waals surface area contributed by atoms with Gasteiger partial charge < -0.3 is 5.73 Å². The zero-order valence-electron chi connectivity index (χ0n) is 11.2. The van der Waals surface area contributed by atoms with Gasteiger partial charge in [-0.3, -0.25) is 10.1 Å². The van der Waals surface area contributed by atoms with Crippen molar-refractivity contribution in [2.75, 3.05) is 0 Å². The number of carbonyl (C=O) groups is 1. The van der Waals surface area contributed by atoms with Crippen LogP contribution in [0.1, 0.15) is 11.1 Å². The number of benzene rings is 2. The van der Waals surface area contributed by atoms with Crippen LogP contribution in [0, 0.1) is 0 Å². The Morgan fingerprint density at radius 2 is 1.76 bits per heavy atom. The molecule has 21 heavy (non-hydrogen) atoms. The van der Waals surface area contributed by atoms with Crippen molar-refractivity contribution >= 4 is 27.8 Å². The lowest BCUT2D eigenvalue weighted by Gasteiger charge is -2.24. The minimum Gasteiger partial charge on any atom is -0.370 e. The SMILES string of the molecule is NC1=N[C@@](Cc2ccccc2)(c2ccc(Br)cc2)C(=O)N1. The van der Waals surface area contributed by atoms with Crippen molar-refractivity contribution in [1.29, 1.82) is 0 Å². The number of nitrogens with zero attached hydrogens (tertiary/aromatic N) is 1. The number of halogens is 1. The van der Waals surface area contributed by atoms with Crippen molar-refractivity contribution in [3.8, 4) is 0 Å². The van der Waals surface area contributed by atoms with Crippen LogP contribution in [0.5, 0.6) is 0 Å². The number of nitrogens with one attached hydrogen (secondary N) is 1. The molecule has 3 N–H and O–H groups in total. The lowest BCUT2D eigenvalue weighted by molar-refractivity contribution is -0.124. The molecule has 0 aliphatic carbocycles. The average molecular weight is 344 g/mol. The van der Waals surface area contributed by atoms with Crippen molar-refractivity contribution in [2.45, 2.75) is 12.0 Å². The highest BCUT2D eigenvalue weighted by Gasteiger charge is 2.44. The second-order valence-electron chi connectivity index (χ2n) is 4.98. The summed E-state index contributed by atoms with van der Waals surface area (Å²) in [5, 5.41) is 2.62. The molecule has 1 heterocycles. The van der Waals surface area contributed by atoms with Gasteiger partial charge in [-0.2, -0.15) is 0 Å². The second kappa shape index (κ2) is 5.33. The van der Waals surface area contributed by atoms with Crippen LogP contribution in [0.4, 0.5) is 0 Å². The Bertz CT molecular complexity index is 697. The van der Waals surface area contributed by atoms with Gasteiger partial charge in [-0.1, -0.05) is 58.4 Å². The van der Waals surface area contributed by atoms with E-state index in [1.54, 1.807) is 0 Å². The molecule has 1 aliphatic rings. The highest BCUT2D eigenvalue weighted by Crippen LogP contribution is 2.33. The van der Waals surface area contributed by atoms with Crippen LogP contribution >= 0.6 is 15.9 Å². The molecule has 0 bridgehead atoms. The second-order valence-corrected chi connectivity index (χ2v) is 5.90. The summed E-state index contributed by atoms with van der Waals surface area (Å²) in [5.74, 6) is -0.0231. The van der Waals surface area contributed by atoms with Gasteiger partial charge in [-0.15, -0.1) is 0 Å². The predicted octanol–water partition coefficient (Wildman–Crippen LogP) is 2.33. The molecule has 0 unspecified atom stereocenters. The number of aliphatic imine (C=N–C) groups is 1. The van der Waals surface area contributed by atoms with Crippen molar-refractivity contribution in [3.05, 3.63) is 70.2 Å².